The molecule has 2 heterocycles. The maximum atomic E-state index is 12.5. The van der Waals surface area contributed by atoms with Gasteiger partial charge in [-0.15, -0.1) is 22.7 Å². The molecule has 0 aromatic carbocycles. The molecular formula is C18H21N3O3S3. The minimum atomic E-state index is -0.437. The first-order chi connectivity index (χ1) is 12.9. The van der Waals surface area contributed by atoms with E-state index in [1.165, 1.54) is 23.3 Å². The quantitative estimate of drug-likeness (QED) is 0.397. The zero-order valence-corrected chi connectivity index (χ0v) is 17.8. The fourth-order valence-electron chi connectivity index (χ4n) is 3.05. The Kier molecular flexibility index (Phi) is 6.13. The predicted octanol–water partition coefficient (Wildman–Crippen LogP) is 3.66. The van der Waals surface area contributed by atoms with Crippen molar-refractivity contribution in [1.29, 1.82) is 0 Å². The number of carbonyl (C=O) groups is 2. The normalized spacial score (nSPS) is 15.6. The molecule has 0 spiro atoms. The molecular weight excluding hydrogens is 402 g/mol. The molecule has 0 radical (unpaired) electrons. The lowest BCUT2D eigenvalue weighted by molar-refractivity contribution is 0.0602. The maximum absolute atomic E-state index is 12.5. The van der Waals surface area contributed by atoms with Gasteiger partial charge in [-0.25, -0.2) is 4.79 Å². The van der Waals surface area contributed by atoms with Crippen LogP contribution in [0.2, 0.25) is 0 Å². The van der Waals surface area contributed by atoms with Gasteiger partial charge in [0.2, 0.25) is 0 Å². The van der Waals surface area contributed by atoms with Gasteiger partial charge in [-0.3, -0.25) is 15.6 Å². The molecule has 1 amide bonds. The van der Waals surface area contributed by atoms with Crippen molar-refractivity contribution in [2.45, 2.75) is 33.1 Å². The molecule has 27 heavy (non-hydrogen) atoms. The number of thiocarbonyl (C=S) groups is 1. The lowest BCUT2D eigenvalue weighted by Crippen LogP contribution is -2.44. The molecule has 0 aliphatic heterocycles. The van der Waals surface area contributed by atoms with E-state index in [4.69, 9.17) is 17.0 Å². The average Bonchev–Trinajstić information content (AvgIpc) is 3.21. The van der Waals surface area contributed by atoms with Crippen LogP contribution in [0.5, 0.6) is 0 Å². The Morgan fingerprint density at radius 1 is 1.30 bits per heavy atom. The van der Waals surface area contributed by atoms with Crippen LogP contribution in [0.1, 0.15) is 49.4 Å². The number of methoxy groups -OCH3 is 1. The van der Waals surface area contributed by atoms with E-state index in [2.05, 4.69) is 23.1 Å². The second-order valence-electron chi connectivity index (χ2n) is 6.52. The molecule has 1 aliphatic carbocycles. The third-order valence-electron chi connectivity index (χ3n) is 4.42. The molecule has 0 saturated carbocycles. The number of hydrogen-bond donors (Lipinski definition) is 3. The van der Waals surface area contributed by atoms with E-state index in [1.807, 2.05) is 12.3 Å². The minimum absolute atomic E-state index is 0.202. The summed E-state index contributed by atoms with van der Waals surface area (Å²) in [6.07, 6.45) is 3.07. The number of aryl methyl sites for hydroxylation is 1. The first kappa shape index (κ1) is 19.8. The van der Waals surface area contributed by atoms with Gasteiger partial charge in [0.15, 0.2) is 5.11 Å². The van der Waals surface area contributed by atoms with Gasteiger partial charge >= 0.3 is 5.97 Å². The van der Waals surface area contributed by atoms with Crippen LogP contribution in [0.3, 0.4) is 0 Å². The highest BCUT2D eigenvalue weighted by Crippen LogP contribution is 2.32. The highest BCUT2D eigenvalue weighted by Gasteiger charge is 2.23. The summed E-state index contributed by atoms with van der Waals surface area (Å²) in [5.41, 5.74) is 7.62. The number of amides is 1. The molecule has 1 aliphatic rings. The van der Waals surface area contributed by atoms with Gasteiger partial charge in [-0.1, -0.05) is 6.92 Å². The molecule has 1 atom stereocenters. The molecule has 2 aromatic rings. The van der Waals surface area contributed by atoms with Crippen LogP contribution in [0, 0.1) is 12.8 Å². The number of nitrogens with one attached hydrogen (secondary N) is 3. The monoisotopic (exact) mass is 423 g/mol. The van der Waals surface area contributed by atoms with Crippen LogP contribution >= 0.6 is 34.9 Å². The van der Waals surface area contributed by atoms with Gasteiger partial charge in [0, 0.05) is 15.1 Å². The average molecular weight is 424 g/mol. The topological polar surface area (TPSA) is 79.5 Å². The van der Waals surface area contributed by atoms with Crippen LogP contribution in [-0.2, 0) is 17.6 Å². The molecule has 0 saturated heterocycles. The second kappa shape index (κ2) is 8.37. The van der Waals surface area contributed by atoms with Crippen molar-refractivity contribution in [1.82, 2.24) is 10.9 Å². The van der Waals surface area contributed by atoms with E-state index in [-0.39, 0.29) is 11.0 Å². The third-order valence-corrected chi connectivity index (χ3v) is 6.64. The number of hydrazine groups is 1. The van der Waals surface area contributed by atoms with Gasteiger partial charge in [0.05, 0.1) is 18.2 Å². The molecule has 144 valence electrons. The number of anilines is 1. The van der Waals surface area contributed by atoms with Crippen LogP contribution in [0.15, 0.2) is 11.4 Å². The summed E-state index contributed by atoms with van der Waals surface area (Å²) < 4.78 is 4.77. The lowest BCUT2D eigenvalue weighted by Gasteiger charge is -2.19. The second-order valence-corrected chi connectivity index (χ2v) is 9.15. The Morgan fingerprint density at radius 3 is 2.81 bits per heavy atom. The molecule has 0 bridgehead atoms. The summed E-state index contributed by atoms with van der Waals surface area (Å²) in [4.78, 5) is 26.6. The van der Waals surface area contributed by atoms with Gasteiger partial charge in [0.1, 0.15) is 5.00 Å². The van der Waals surface area contributed by atoms with Crippen molar-refractivity contribution in [3.05, 3.63) is 37.9 Å². The predicted molar refractivity (Wildman–Crippen MR) is 113 cm³/mol. The van der Waals surface area contributed by atoms with Gasteiger partial charge in [-0.05, 0) is 56.0 Å². The van der Waals surface area contributed by atoms with Crippen molar-refractivity contribution in [2.24, 2.45) is 5.92 Å². The highest BCUT2D eigenvalue weighted by molar-refractivity contribution is 7.80. The zero-order valence-electron chi connectivity index (χ0n) is 15.3. The largest absolute Gasteiger partial charge is 0.465 e. The first-order valence-corrected chi connectivity index (χ1v) is 10.6. The van der Waals surface area contributed by atoms with Crippen molar-refractivity contribution in [2.75, 3.05) is 12.4 Å². The zero-order chi connectivity index (χ0) is 19.6. The molecule has 2 aromatic heterocycles. The van der Waals surface area contributed by atoms with Crippen LogP contribution in [0.4, 0.5) is 5.00 Å². The highest BCUT2D eigenvalue weighted by atomic mass is 32.1. The number of fused-ring (bicyclic) bond motifs is 1. The Labute approximate surface area is 171 Å². The van der Waals surface area contributed by atoms with Gasteiger partial charge in [-0.2, -0.15) is 0 Å². The molecule has 0 unspecified atom stereocenters. The lowest BCUT2D eigenvalue weighted by atomic mass is 9.88. The number of hydrogen-bond acceptors (Lipinski definition) is 6. The smallest absolute Gasteiger partial charge is 0.340 e. The number of rotatable bonds is 3. The van der Waals surface area contributed by atoms with E-state index < -0.39 is 5.97 Å². The van der Waals surface area contributed by atoms with Crippen LogP contribution < -0.4 is 16.2 Å². The standard InChI is InChI=1S/C18H21N3O3S3/c1-9-4-5-11-13(8-26-14(11)6-9)15(22)20-21-18(25)19-16-12(17(23)24-3)7-10(2)27-16/h7-9H,4-6H2,1-3H3,(H,20,22)(H2,19,21,25)/t9-/m0/s1. The summed E-state index contributed by atoms with van der Waals surface area (Å²) >= 11 is 8.26. The number of esters is 1. The summed E-state index contributed by atoms with van der Waals surface area (Å²) in [7, 11) is 1.33. The van der Waals surface area contributed by atoms with E-state index in [0.29, 0.717) is 22.0 Å². The van der Waals surface area contributed by atoms with Crippen molar-refractivity contribution >= 4 is 56.9 Å². The molecule has 6 nitrogen and oxygen atoms in total. The van der Waals surface area contributed by atoms with E-state index in [0.717, 1.165) is 29.7 Å². The van der Waals surface area contributed by atoms with Crippen molar-refractivity contribution in [3.8, 4) is 0 Å². The Morgan fingerprint density at radius 2 is 2.07 bits per heavy atom. The molecule has 3 N–H and O–H groups in total. The van der Waals surface area contributed by atoms with Gasteiger partial charge in [0.25, 0.3) is 5.91 Å². The summed E-state index contributed by atoms with van der Waals surface area (Å²) in [6, 6.07) is 1.73. The van der Waals surface area contributed by atoms with Crippen LogP contribution in [-0.4, -0.2) is 24.1 Å². The summed E-state index contributed by atoms with van der Waals surface area (Å²) in [6.45, 7) is 4.13. The number of thiophene rings is 2. The Hall–Kier alpha value is -1.97. The number of ether oxygens (including phenoxy) is 1. The Bertz CT molecular complexity index is 888. The van der Waals surface area contributed by atoms with Crippen LogP contribution in [0.25, 0.3) is 0 Å². The fourth-order valence-corrected chi connectivity index (χ4v) is 5.42. The molecule has 0 fully saturated rings. The SMILES string of the molecule is COC(=O)c1cc(C)sc1NC(=S)NNC(=O)c1csc2c1CC[C@H](C)C2. The van der Waals surface area contributed by atoms with Crippen molar-refractivity contribution < 1.29 is 14.3 Å². The van der Waals surface area contributed by atoms with E-state index in [1.54, 1.807) is 17.4 Å². The summed E-state index contributed by atoms with van der Waals surface area (Å²) in [5, 5.41) is 5.63. The maximum Gasteiger partial charge on any atom is 0.340 e. The minimum Gasteiger partial charge on any atom is -0.465 e. The third kappa shape index (κ3) is 4.48. The fraction of sp³-hybridized carbons (Fsp3) is 0.389. The van der Waals surface area contributed by atoms with E-state index in [9.17, 15) is 9.59 Å². The Balaban J connectivity index is 1.60. The van der Waals surface area contributed by atoms with E-state index >= 15 is 0 Å². The summed E-state index contributed by atoms with van der Waals surface area (Å²) in [5.74, 6) is 0.0230. The molecule has 3 rings (SSSR count). The van der Waals surface area contributed by atoms with Crippen molar-refractivity contribution in [3.63, 3.8) is 0 Å². The van der Waals surface area contributed by atoms with Gasteiger partial charge < -0.3 is 10.1 Å². The molecule has 9 heteroatoms. The first-order valence-electron chi connectivity index (χ1n) is 8.54. The number of carbonyl (C=O) groups excluding carboxylic acids is 2.